The fourth-order valence-electron chi connectivity index (χ4n) is 3.44. The van der Waals surface area contributed by atoms with E-state index in [1.165, 1.54) is 6.42 Å². The second kappa shape index (κ2) is 6.10. The van der Waals surface area contributed by atoms with E-state index in [4.69, 9.17) is 0 Å². The van der Waals surface area contributed by atoms with Crippen LogP contribution in [-0.4, -0.2) is 56.0 Å². The molecule has 2 rings (SSSR count). The standard InChI is InChI=1S/C14H28N2O2S/c1-3-14(4-2)12-16(9-5-8-15-14)13-6-10-19(17,18)11-7-13/h13,15H,3-12H2,1-2H3. The first-order chi connectivity index (χ1) is 9.00. The first kappa shape index (κ1) is 15.3. The largest absolute Gasteiger partial charge is 0.310 e. The molecule has 1 N–H and O–H groups in total. The molecule has 0 radical (unpaired) electrons. The molecule has 0 aliphatic carbocycles. The van der Waals surface area contributed by atoms with Crippen molar-refractivity contribution in [3.63, 3.8) is 0 Å². The lowest BCUT2D eigenvalue weighted by Crippen LogP contribution is -2.53. The molecule has 2 aliphatic heterocycles. The fourth-order valence-corrected chi connectivity index (χ4v) is 4.90. The molecule has 0 saturated carbocycles. The molecule has 2 saturated heterocycles. The third-order valence-corrected chi connectivity index (χ3v) is 6.74. The molecule has 0 unspecified atom stereocenters. The van der Waals surface area contributed by atoms with E-state index in [2.05, 4.69) is 24.1 Å². The van der Waals surface area contributed by atoms with E-state index < -0.39 is 9.84 Å². The zero-order chi connectivity index (χ0) is 13.9. The van der Waals surface area contributed by atoms with E-state index in [1.54, 1.807) is 0 Å². The number of sulfone groups is 1. The van der Waals surface area contributed by atoms with Crippen LogP contribution in [0.25, 0.3) is 0 Å². The molecular formula is C14H28N2O2S. The van der Waals surface area contributed by atoms with Crippen LogP contribution in [-0.2, 0) is 9.84 Å². The maximum absolute atomic E-state index is 11.6. The predicted octanol–water partition coefficient (Wildman–Crippen LogP) is 1.42. The summed E-state index contributed by atoms with van der Waals surface area (Å²) in [6.45, 7) is 7.78. The van der Waals surface area contributed by atoms with E-state index >= 15 is 0 Å². The van der Waals surface area contributed by atoms with E-state index in [1.807, 2.05) is 0 Å². The minimum Gasteiger partial charge on any atom is -0.310 e. The maximum atomic E-state index is 11.6. The summed E-state index contributed by atoms with van der Waals surface area (Å²) in [4.78, 5) is 2.56. The number of nitrogens with zero attached hydrogens (tertiary/aromatic N) is 1. The van der Waals surface area contributed by atoms with Gasteiger partial charge in [-0.3, -0.25) is 4.90 Å². The zero-order valence-corrected chi connectivity index (χ0v) is 13.1. The molecule has 2 aliphatic rings. The van der Waals surface area contributed by atoms with Gasteiger partial charge in [-0.05, 0) is 45.2 Å². The molecule has 0 atom stereocenters. The highest BCUT2D eigenvalue weighted by Crippen LogP contribution is 2.25. The van der Waals surface area contributed by atoms with Crippen LogP contribution >= 0.6 is 0 Å². The molecular weight excluding hydrogens is 260 g/mol. The van der Waals surface area contributed by atoms with Crippen LogP contribution < -0.4 is 5.32 Å². The van der Waals surface area contributed by atoms with Crippen molar-refractivity contribution in [2.24, 2.45) is 0 Å². The number of rotatable bonds is 3. The topological polar surface area (TPSA) is 49.4 Å². The summed E-state index contributed by atoms with van der Waals surface area (Å²) in [5, 5.41) is 3.72. The lowest BCUT2D eigenvalue weighted by atomic mass is 9.91. The van der Waals surface area contributed by atoms with Crippen molar-refractivity contribution in [1.29, 1.82) is 0 Å². The van der Waals surface area contributed by atoms with Gasteiger partial charge in [0.2, 0.25) is 0 Å². The molecule has 0 aromatic rings. The molecule has 4 nitrogen and oxygen atoms in total. The van der Waals surface area contributed by atoms with Gasteiger partial charge in [0.15, 0.2) is 0 Å². The lowest BCUT2D eigenvalue weighted by molar-refractivity contribution is 0.140. The summed E-state index contributed by atoms with van der Waals surface area (Å²) < 4.78 is 23.1. The van der Waals surface area contributed by atoms with Crippen LogP contribution in [0.5, 0.6) is 0 Å². The van der Waals surface area contributed by atoms with Crippen LogP contribution in [0.3, 0.4) is 0 Å². The van der Waals surface area contributed by atoms with Crippen LogP contribution in [0.2, 0.25) is 0 Å². The second-order valence-corrected chi connectivity index (χ2v) is 8.42. The van der Waals surface area contributed by atoms with Crippen molar-refractivity contribution in [3.8, 4) is 0 Å². The Morgan fingerprint density at radius 2 is 1.84 bits per heavy atom. The Morgan fingerprint density at radius 3 is 2.42 bits per heavy atom. The van der Waals surface area contributed by atoms with Crippen molar-refractivity contribution in [2.45, 2.75) is 57.5 Å². The highest BCUT2D eigenvalue weighted by molar-refractivity contribution is 7.91. The van der Waals surface area contributed by atoms with Crippen LogP contribution in [0.15, 0.2) is 0 Å². The number of nitrogens with one attached hydrogen (secondary N) is 1. The fraction of sp³-hybridized carbons (Fsp3) is 1.00. The summed E-state index contributed by atoms with van der Waals surface area (Å²) in [7, 11) is -2.75. The van der Waals surface area contributed by atoms with E-state index in [-0.39, 0.29) is 5.54 Å². The average Bonchev–Trinajstić information content (AvgIpc) is 2.62. The van der Waals surface area contributed by atoms with E-state index in [0.29, 0.717) is 17.5 Å². The molecule has 19 heavy (non-hydrogen) atoms. The molecule has 0 aromatic carbocycles. The molecule has 0 spiro atoms. The Kier molecular flexibility index (Phi) is 4.90. The van der Waals surface area contributed by atoms with Crippen molar-refractivity contribution < 1.29 is 8.42 Å². The Balaban J connectivity index is 2.03. The third-order valence-electron chi connectivity index (χ3n) is 5.02. The van der Waals surface area contributed by atoms with Gasteiger partial charge in [0, 0.05) is 18.1 Å². The maximum Gasteiger partial charge on any atom is 0.150 e. The van der Waals surface area contributed by atoms with Gasteiger partial charge in [-0.25, -0.2) is 8.42 Å². The number of hydrogen-bond donors (Lipinski definition) is 1. The van der Waals surface area contributed by atoms with Gasteiger partial charge in [-0.15, -0.1) is 0 Å². The molecule has 0 bridgehead atoms. The normalized spacial score (nSPS) is 28.9. The first-order valence-corrected chi connectivity index (χ1v) is 9.52. The minimum atomic E-state index is -2.75. The quantitative estimate of drug-likeness (QED) is 0.853. The summed E-state index contributed by atoms with van der Waals surface area (Å²) >= 11 is 0. The number of hydrogen-bond acceptors (Lipinski definition) is 4. The SMILES string of the molecule is CCC1(CC)CN(C2CCS(=O)(=O)CC2)CCCN1. The van der Waals surface area contributed by atoms with Gasteiger partial charge < -0.3 is 5.32 Å². The Morgan fingerprint density at radius 1 is 1.21 bits per heavy atom. The summed E-state index contributed by atoms with van der Waals surface area (Å²) in [6, 6.07) is 0.473. The molecule has 112 valence electrons. The molecule has 2 fully saturated rings. The van der Waals surface area contributed by atoms with Gasteiger partial charge in [0.1, 0.15) is 9.84 Å². The molecule has 0 amide bonds. The Hall–Kier alpha value is -0.130. The third kappa shape index (κ3) is 3.70. The molecule has 2 heterocycles. The lowest BCUT2D eigenvalue weighted by Gasteiger charge is -2.40. The average molecular weight is 288 g/mol. The van der Waals surface area contributed by atoms with Gasteiger partial charge in [-0.1, -0.05) is 13.8 Å². The first-order valence-electron chi connectivity index (χ1n) is 7.70. The van der Waals surface area contributed by atoms with Gasteiger partial charge in [0.25, 0.3) is 0 Å². The van der Waals surface area contributed by atoms with Crippen molar-refractivity contribution in [2.75, 3.05) is 31.1 Å². The van der Waals surface area contributed by atoms with Gasteiger partial charge >= 0.3 is 0 Å². The van der Waals surface area contributed by atoms with Gasteiger partial charge in [-0.2, -0.15) is 0 Å². The van der Waals surface area contributed by atoms with Crippen molar-refractivity contribution in [3.05, 3.63) is 0 Å². The van der Waals surface area contributed by atoms with Gasteiger partial charge in [0.05, 0.1) is 11.5 Å². The smallest absolute Gasteiger partial charge is 0.150 e. The van der Waals surface area contributed by atoms with E-state index in [0.717, 1.165) is 45.3 Å². The van der Waals surface area contributed by atoms with Crippen LogP contribution in [0, 0.1) is 0 Å². The Labute approximate surface area is 117 Å². The molecule has 5 heteroatoms. The summed E-state index contributed by atoms with van der Waals surface area (Å²) in [5.41, 5.74) is 0.229. The second-order valence-electron chi connectivity index (χ2n) is 6.12. The highest BCUT2D eigenvalue weighted by Gasteiger charge is 2.35. The summed E-state index contributed by atoms with van der Waals surface area (Å²) in [5.74, 6) is 0.764. The molecule has 0 aromatic heterocycles. The Bertz CT molecular complexity index is 376. The zero-order valence-electron chi connectivity index (χ0n) is 12.3. The van der Waals surface area contributed by atoms with E-state index in [9.17, 15) is 8.42 Å². The monoisotopic (exact) mass is 288 g/mol. The summed E-state index contributed by atoms with van der Waals surface area (Å²) in [6.07, 6.45) is 5.11. The van der Waals surface area contributed by atoms with Crippen LogP contribution in [0.4, 0.5) is 0 Å². The van der Waals surface area contributed by atoms with Crippen molar-refractivity contribution >= 4 is 9.84 Å². The predicted molar refractivity (Wildman–Crippen MR) is 79.2 cm³/mol. The van der Waals surface area contributed by atoms with Crippen molar-refractivity contribution in [1.82, 2.24) is 10.2 Å². The highest BCUT2D eigenvalue weighted by atomic mass is 32.2. The minimum absolute atomic E-state index is 0.229. The van der Waals surface area contributed by atoms with Crippen LogP contribution in [0.1, 0.15) is 46.0 Å².